The van der Waals surface area contributed by atoms with Gasteiger partial charge in [-0.05, 0) is 30.8 Å². The zero-order valence-electron chi connectivity index (χ0n) is 15.7. The van der Waals surface area contributed by atoms with Crippen LogP contribution in [0.2, 0.25) is 0 Å². The number of ether oxygens (including phenoxy) is 1. The normalized spacial score (nSPS) is 25.0. The summed E-state index contributed by atoms with van der Waals surface area (Å²) in [5.74, 6) is 1.75. The van der Waals surface area contributed by atoms with E-state index in [0.29, 0.717) is 18.3 Å². The van der Waals surface area contributed by atoms with Crippen molar-refractivity contribution < 1.29 is 9.53 Å². The van der Waals surface area contributed by atoms with E-state index in [-0.39, 0.29) is 5.97 Å². The Morgan fingerprint density at radius 2 is 1.52 bits per heavy atom. The topological polar surface area (TPSA) is 26.3 Å². The highest BCUT2D eigenvalue weighted by molar-refractivity contribution is 5.70. The van der Waals surface area contributed by atoms with Gasteiger partial charge in [-0.3, -0.25) is 4.79 Å². The van der Waals surface area contributed by atoms with Crippen LogP contribution in [0.4, 0.5) is 0 Å². The summed E-state index contributed by atoms with van der Waals surface area (Å²) in [5.41, 5.74) is 0. The summed E-state index contributed by atoms with van der Waals surface area (Å²) in [4.78, 5) is 12.0. The highest BCUT2D eigenvalue weighted by Gasteiger charge is 2.11. The summed E-state index contributed by atoms with van der Waals surface area (Å²) in [6, 6.07) is 0. The Morgan fingerprint density at radius 1 is 1.00 bits per heavy atom. The Kier molecular flexibility index (Phi) is 11.1. The smallest absolute Gasteiger partial charge is 0.311 e. The molecule has 134 valence electrons. The predicted octanol–water partition coefficient (Wildman–Crippen LogP) is 6.79. The Balaban J connectivity index is 2.55. The van der Waals surface area contributed by atoms with Crippen LogP contribution in [0.25, 0.3) is 0 Å². The predicted molar refractivity (Wildman–Crippen MR) is 98.2 cm³/mol. The fraction of sp³-hybridized carbons (Fsp3) is 0.857. The van der Waals surface area contributed by atoms with Crippen LogP contribution >= 0.6 is 0 Å². The molecule has 0 saturated carbocycles. The molecule has 0 fully saturated rings. The lowest BCUT2D eigenvalue weighted by molar-refractivity contribution is -0.140. The Bertz CT molecular complexity index is 344. The summed E-state index contributed by atoms with van der Waals surface area (Å²) < 4.78 is 5.68. The van der Waals surface area contributed by atoms with Crippen LogP contribution in [-0.2, 0) is 9.53 Å². The highest BCUT2D eigenvalue weighted by Crippen LogP contribution is 2.21. The molecule has 0 bridgehead atoms. The van der Waals surface area contributed by atoms with Gasteiger partial charge in [0.2, 0.25) is 0 Å². The Labute approximate surface area is 144 Å². The molecule has 0 amide bonds. The number of hydrogen-bond acceptors (Lipinski definition) is 2. The van der Waals surface area contributed by atoms with Gasteiger partial charge in [0.25, 0.3) is 0 Å². The van der Waals surface area contributed by atoms with Crippen molar-refractivity contribution in [3.05, 3.63) is 11.8 Å². The molecule has 0 aromatic rings. The van der Waals surface area contributed by atoms with Crippen molar-refractivity contribution in [2.45, 2.75) is 104 Å². The van der Waals surface area contributed by atoms with Gasteiger partial charge in [0.15, 0.2) is 0 Å². The third kappa shape index (κ3) is 11.4. The van der Waals surface area contributed by atoms with Crippen LogP contribution < -0.4 is 0 Å². The molecule has 1 unspecified atom stereocenters. The average molecular weight is 323 g/mol. The standard InChI is InChI=1S/C21H38O2/c1-18(2)16-21(22)23-20-15-13-11-9-7-5-4-6-8-10-12-14-19(3)17-20/h17-19H,4-16H2,1-3H3/b20-17+. The molecular formula is C21H38O2. The second kappa shape index (κ2) is 12.6. The number of rotatable bonds is 3. The maximum atomic E-state index is 12.0. The van der Waals surface area contributed by atoms with Crippen molar-refractivity contribution in [3.63, 3.8) is 0 Å². The minimum Gasteiger partial charge on any atom is -0.431 e. The van der Waals surface area contributed by atoms with E-state index < -0.39 is 0 Å². The van der Waals surface area contributed by atoms with Crippen molar-refractivity contribution in [3.8, 4) is 0 Å². The molecule has 0 aromatic heterocycles. The van der Waals surface area contributed by atoms with Gasteiger partial charge in [-0.25, -0.2) is 0 Å². The van der Waals surface area contributed by atoms with Crippen molar-refractivity contribution in [2.24, 2.45) is 11.8 Å². The van der Waals surface area contributed by atoms with E-state index in [1.165, 1.54) is 64.2 Å². The molecule has 23 heavy (non-hydrogen) atoms. The second-order valence-corrected chi connectivity index (χ2v) is 7.76. The number of hydrogen-bond donors (Lipinski definition) is 0. The Morgan fingerprint density at radius 3 is 2.09 bits per heavy atom. The molecule has 0 spiro atoms. The minimum absolute atomic E-state index is 0.0589. The largest absolute Gasteiger partial charge is 0.431 e. The monoisotopic (exact) mass is 322 g/mol. The summed E-state index contributed by atoms with van der Waals surface area (Å²) in [5, 5.41) is 0. The van der Waals surface area contributed by atoms with Gasteiger partial charge in [-0.2, -0.15) is 0 Å². The molecule has 1 aliphatic rings. The molecule has 1 aliphatic carbocycles. The summed E-state index contributed by atoms with van der Waals surface area (Å²) in [6.07, 6.45) is 18.2. The van der Waals surface area contributed by atoms with Crippen LogP contribution in [-0.4, -0.2) is 5.97 Å². The minimum atomic E-state index is -0.0589. The van der Waals surface area contributed by atoms with E-state index in [2.05, 4.69) is 26.8 Å². The van der Waals surface area contributed by atoms with Gasteiger partial charge in [0.1, 0.15) is 5.76 Å². The molecule has 1 atom stereocenters. The van der Waals surface area contributed by atoms with Gasteiger partial charge < -0.3 is 4.74 Å². The zero-order chi connectivity index (χ0) is 16.9. The number of carbonyl (C=O) groups excluding carboxylic acids is 1. The maximum absolute atomic E-state index is 12.0. The lowest BCUT2D eigenvalue weighted by Crippen LogP contribution is -2.09. The van der Waals surface area contributed by atoms with Gasteiger partial charge in [0.05, 0.1) is 0 Å². The maximum Gasteiger partial charge on any atom is 0.311 e. The first-order chi connectivity index (χ1) is 11.1. The van der Waals surface area contributed by atoms with E-state index >= 15 is 0 Å². The van der Waals surface area contributed by atoms with E-state index in [0.717, 1.165) is 18.6 Å². The van der Waals surface area contributed by atoms with Crippen molar-refractivity contribution in [2.75, 3.05) is 0 Å². The average Bonchev–Trinajstić information content (AvgIpc) is 2.47. The molecule has 0 aromatic carbocycles. The quantitative estimate of drug-likeness (QED) is 0.535. The Hall–Kier alpha value is -0.790. The van der Waals surface area contributed by atoms with Crippen LogP contribution in [0.5, 0.6) is 0 Å². The first kappa shape index (κ1) is 20.3. The first-order valence-electron chi connectivity index (χ1n) is 9.99. The van der Waals surface area contributed by atoms with Crippen LogP contribution in [0.1, 0.15) is 104 Å². The zero-order valence-corrected chi connectivity index (χ0v) is 15.7. The third-order valence-corrected chi connectivity index (χ3v) is 4.62. The van der Waals surface area contributed by atoms with Crippen LogP contribution in [0.3, 0.4) is 0 Å². The van der Waals surface area contributed by atoms with Crippen molar-refractivity contribution >= 4 is 5.97 Å². The fourth-order valence-corrected chi connectivity index (χ4v) is 3.27. The van der Waals surface area contributed by atoms with E-state index in [1.54, 1.807) is 0 Å². The van der Waals surface area contributed by atoms with Gasteiger partial charge in [-0.15, -0.1) is 0 Å². The molecule has 0 aliphatic heterocycles. The van der Waals surface area contributed by atoms with Gasteiger partial charge in [0, 0.05) is 12.8 Å². The fourth-order valence-electron chi connectivity index (χ4n) is 3.27. The number of allylic oxidation sites excluding steroid dienone is 2. The number of esters is 1. The van der Waals surface area contributed by atoms with Crippen molar-refractivity contribution in [1.82, 2.24) is 0 Å². The molecule has 2 nitrogen and oxygen atoms in total. The summed E-state index contributed by atoms with van der Waals surface area (Å²) >= 11 is 0. The van der Waals surface area contributed by atoms with Crippen molar-refractivity contribution in [1.29, 1.82) is 0 Å². The lowest BCUT2D eigenvalue weighted by atomic mass is 10.0. The molecular weight excluding hydrogens is 284 g/mol. The highest BCUT2D eigenvalue weighted by atomic mass is 16.5. The number of carbonyl (C=O) groups is 1. The molecule has 1 rings (SSSR count). The molecule has 0 saturated heterocycles. The summed E-state index contributed by atoms with van der Waals surface area (Å²) in [6.45, 7) is 6.39. The van der Waals surface area contributed by atoms with E-state index in [1.807, 2.05) is 0 Å². The molecule has 2 heteroatoms. The van der Waals surface area contributed by atoms with Gasteiger partial charge in [-0.1, -0.05) is 78.6 Å². The van der Waals surface area contributed by atoms with E-state index in [4.69, 9.17) is 4.74 Å². The molecule has 0 heterocycles. The second-order valence-electron chi connectivity index (χ2n) is 7.76. The molecule has 0 radical (unpaired) electrons. The molecule has 0 N–H and O–H groups in total. The van der Waals surface area contributed by atoms with Gasteiger partial charge >= 0.3 is 5.97 Å². The summed E-state index contributed by atoms with van der Waals surface area (Å²) in [7, 11) is 0. The first-order valence-corrected chi connectivity index (χ1v) is 9.99. The third-order valence-electron chi connectivity index (χ3n) is 4.62. The van der Waals surface area contributed by atoms with E-state index in [9.17, 15) is 4.79 Å². The van der Waals surface area contributed by atoms with Crippen LogP contribution in [0, 0.1) is 11.8 Å². The SMILES string of the molecule is CC(C)CC(=O)O/C1=C/C(C)CCCCCCCCCCCC1. The lowest BCUT2D eigenvalue weighted by Gasteiger charge is -2.13. The van der Waals surface area contributed by atoms with Crippen LogP contribution in [0.15, 0.2) is 11.8 Å².